The van der Waals surface area contributed by atoms with Crippen LogP contribution >= 0.6 is 0 Å². The smallest absolute Gasteiger partial charge is 0.408 e. The number of nitrogens with zero attached hydrogens (tertiary/aromatic N) is 3. The standard InChI is InChI=1S/C50H54N4O17/c1-4-32-36(55)38-34(52-50(59)71-38)48(65-32)69-41-40(63-26-29-19-11-6-12-20-29)43(67-45(57)31-23-15-8-16-24-31)49(70-42(41)46(58)60-2)68-37-33(27-64-44(56)30-21-13-7-14-22-30)66-47(61-3)35(53-54-51)39(37)62-25-28-17-9-5-10-18-28/h5-24,32-43,47-49,55H,4,25-27H2,1-3H3,(H,52,59)/t32?,33?,34?,35?,36-,37-,38-,39-,40-,41-,42?,43?,47+,48+,49-/m1/s1. The molecule has 4 aliphatic heterocycles. The highest BCUT2D eigenvalue weighted by Gasteiger charge is 2.60. The monoisotopic (exact) mass is 982 g/mol. The van der Waals surface area contributed by atoms with Crippen LogP contribution in [0.1, 0.15) is 45.2 Å². The fourth-order valence-corrected chi connectivity index (χ4v) is 8.83. The van der Waals surface area contributed by atoms with Crippen molar-refractivity contribution in [2.45, 2.75) is 119 Å². The van der Waals surface area contributed by atoms with Gasteiger partial charge in [0.15, 0.2) is 37.2 Å². The van der Waals surface area contributed by atoms with E-state index in [1.807, 2.05) is 36.4 Å². The Balaban J connectivity index is 1.23. The molecule has 0 saturated carbocycles. The molecule has 0 aromatic heterocycles. The first-order valence-corrected chi connectivity index (χ1v) is 23.0. The molecule has 0 spiro atoms. The van der Waals surface area contributed by atoms with Gasteiger partial charge >= 0.3 is 24.0 Å². The molecule has 6 unspecified atom stereocenters. The van der Waals surface area contributed by atoms with Crippen molar-refractivity contribution in [2.75, 3.05) is 20.8 Å². The summed E-state index contributed by atoms with van der Waals surface area (Å²) in [7, 11) is 2.45. The molecule has 4 heterocycles. The number of esters is 3. The second-order valence-corrected chi connectivity index (χ2v) is 16.8. The number of alkyl carbamates (subject to hydrolysis) is 1. The molecule has 0 aliphatic carbocycles. The first-order chi connectivity index (χ1) is 34.6. The van der Waals surface area contributed by atoms with Crippen LogP contribution in [-0.2, 0) is 74.9 Å². The molecule has 4 saturated heterocycles. The van der Waals surface area contributed by atoms with E-state index in [9.17, 15) is 29.8 Å². The molecule has 8 rings (SSSR count). The molecule has 4 aromatic carbocycles. The molecular weight excluding hydrogens is 929 g/mol. The lowest BCUT2D eigenvalue weighted by molar-refractivity contribution is -0.364. The SMILES string of the molecule is CCC1O[C@@H](O[C@H]2C(C(=O)OC)O[C@@H](O[C@@H]3C(COC(=O)c4ccccc4)O[C@H](OC)C(N=[N+]=[N-])[C@H]3OCc3ccccc3)C(OC(=O)c3ccccc3)[C@@H]2OCc2ccccc2)C2NC(=O)O[C@H]2[C@@H]1O. The fraction of sp³-hybridized carbons (Fsp3) is 0.440. The van der Waals surface area contributed by atoms with Gasteiger partial charge in [0, 0.05) is 12.0 Å². The number of hydrogen-bond donors (Lipinski definition) is 2. The predicted octanol–water partition coefficient (Wildman–Crippen LogP) is 4.93. The second kappa shape index (κ2) is 24.1. The number of fused-ring (bicyclic) bond motifs is 1. The van der Waals surface area contributed by atoms with Gasteiger partial charge in [-0.05, 0) is 47.3 Å². The second-order valence-electron chi connectivity index (χ2n) is 16.8. The van der Waals surface area contributed by atoms with E-state index in [2.05, 4.69) is 15.3 Å². The first-order valence-electron chi connectivity index (χ1n) is 23.0. The van der Waals surface area contributed by atoms with Gasteiger partial charge in [0.25, 0.3) is 0 Å². The van der Waals surface area contributed by atoms with Crippen LogP contribution in [0.4, 0.5) is 4.79 Å². The number of aliphatic hydroxyl groups is 1. The minimum atomic E-state index is -1.82. The third-order valence-corrected chi connectivity index (χ3v) is 12.4. The highest BCUT2D eigenvalue weighted by molar-refractivity contribution is 5.90. The molecule has 1 amide bonds. The lowest BCUT2D eigenvalue weighted by Crippen LogP contribution is -2.68. The number of methoxy groups -OCH3 is 2. The van der Waals surface area contributed by atoms with Crippen LogP contribution in [0.25, 0.3) is 10.4 Å². The molecule has 4 fully saturated rings. The van der Waals surface area contributed by atoms with Gasteiger partial charge in [-0.15, -0.1) is 0 Å². The Morgan fingerprint density at radius 2 is 1.25 bits per heavy atom. The molecule has 376 valence electrons. The van der Waals surface area contributed by atoms with E-state index in [1.165, 1.54) is 19.2 Å². The van der Waals surface area contributed by atoms with Crippen LogP contribution in [0.5, 0.6) is 0 Å². The van der Waals surface area contributed by atoms with Gasteiger partial charge in [-0.2, -0.15) is 0 Å². The average molecular weight is 983 g/mol. The van der Waals surface area contributed by atoms with Gasteiger partial charge in [0.05, 0.1) is 37.6 Å². The summed E-state index contributed by atoms with van der Waals surface area (Å²) in [5, 5.41) is 17.8. The number of carbonyl (C=O) groups excluding carboxylic acids is 4. The number of aliphatic hydroxyl groups excluding tert-OH is 1. The lowest BCUT2D eigenvalue weighted by Gasteiger charge is -2.49. The van der Waals surface area contributed by atoms with Crippen molar-refractivity contribution in [3.8, 4) is 0 Å². The number of azide groups is 1. The van der Waals surface area contributed by atoms with Crippen molar-refractivity contribution in [2.24, 2.45) is 5.11 Å². The number of rotatable bonds is 19. The van der Waals surface area contributed by atoms with E-state index in [0.717, 1.165) is 12.7 Å². The fourth-order valence-electron chi connectivity index (χ4n) is 8.83. The Morgan fingerprint density at radius 3 is 1.83 bits per heavy atom. The van der Waals surface area contributed by atoms with Crippen LogP contribution in [0.15, 0.2) is 126 Å². The van der Waals surface area contributed by atoms with Crippen LogP contribution in [0, 0.1) is 0 Å². The van der Waals surface area contributed by atoms with Crippen LogP contribution in [0.3, 0.4) is 0 Å². The average Bonchev–Trinajstić information content (AvgIpc) is 3.82. The van der Waals surface area contributed by atoms with Crippen molar-refractivity contribution >= 4 is 24.0 Å². The Labute approximate surface area is 408 Å². The van der Waals surface area contributed by atoms with Crippen molar-refractivity contribution in [1.29, 1.82) is 0 Å². The zero-order valence-electron chi connectivity index (χ0n) is 38.9. The first kappa shape index (κ1) is 50.9. The third-order valence-electron chi connectivity index (χ3n) is 12.4. The van der Waals surface area contributed by atoms with Crippen molar-refractivity contribution in [1.82, 2.24) is 5.32 Å². The number of carbonyl (C=O) groups is 4. The van der Waals surface area contributed by atoms with Crippen LogP contribution in [-0.4, -0.2) is 142 Å². The van der Waals surface area contributed by atoms with Gasteiger partial charge in [-0.3, -0.25) is 0 Å². The molecule has 21 nitrogen and oxygen atoms in total. The quantitative estimate of drug-likeness (QED) is 0.0415. The molecule has 4 aliphatic rings. The molecule has 4 aromatic rings. The maximum Gasteiger partial charge on any atom is 0.408 e. The lowest BCUT2D eigenvalue weighted by atomic mass is 9.94. The van der Waals surface area contributed by atoms with Crippen molar-refractivity contribution in [3.63, 3.8) is 0 Å². The van der Waals surface area contributed by atoms with Gasteiger partial charge in [-0.1, -0.05) is 109 Å². The molecule has 2 N–H and O–H groups in total. The topological polar surface area (TPSA) is 260 Å². The molecule has 21 heteroatoms. The van der Waals surface area contributed by atoms with Gasteiger partial charge < -0.3 is 67.3 Å². The summed E-state index contributed by atoms with van der Waals surface area (Å²) < 4.78 is 74.7. The van der Waals surface area contributed by atoms with E-state index >= 15 is 0 Å². The summed E-state index contributed by atoms with van der Waals surface area (Å²) in [6.45, 7) is 1.05. The largest absolute Gasteiger partial charge is 0.467 e. The maximum atomic E-state index is 14.3. The number of benzene rings is 4. The molecule has 15 atom stereocenters. The van der Waals surface area contributed by atoms with Crippen LogP contribution in [0.2, 0.25) is 0 Å². The normalized spacial score (nSPS) is 31.2. The maximum absolute atomic E-state index is 14.3. The Morgan fingerprint density at radius 1 is 0.690 bits per heavy atom. The van der Waals surface area contributed by atoms with Gasteiger partial charge in [0.2, 0.25) is 0 Å². The summed E-state index contributed by atoms with van der Waals surface area (Å²) >= 11 is 0. The summed E-state index contributed by atoms with van der Waals surface area (Å²) in [4.78, 5) is 57.8. The number of hydrogen-bond acceptors (Lipinski definition) is 18. The number of ether oxygens (including phenoxy) is 12. The minimum Gasteiger partial charge on any atom is -0.467 e. The number of nitrogens with one attached hydrogen (secondary N) is 1. The molecule has 0 radical (unpaired) electrons. The minimum absolute atomic E-state index is 0.0610. The summed E-state index contributed by atoms with van der Waals surface area (Å²) in [5.74, 6) is -2.57. The van der Waals surface area contributed by atoms with E-state index < -0.39 is 123 Å². The van der Waals surface area contributed by atoms with Gasteiger partial charge in [0.1, 0.15) is 55.3 Å². The Hall–Kier alpha value is -6.49. The van der Waals surface area contributed by atoms with Gasteiger partial charge in [-0.25, -0.2) is 19.2 Å². The van der Waals surface area contributed by atoms with Crippen LogP contribution < -0.4 is 5.32 Å². The summed E-state index contributed by atoms with van der Waals surface area (Å²) in [6, 6.07) is 31.9. The third kappa shape index (κ3) is 12.0. The van der Waals surface area contributed by atoms with E-state index in [1.54, 1.807) is 79.7 Å². The van der Waals surface area contributed by atoms with E-state index in [4.69, 9.17) is 56.8 Å². The highest BCUT2D eigenvalue weighted by atomic mass is 16.8. The highest BCUT2D eigenvalue weighted by Crippen LogP contribution is 2.39. The Bertz CT molecular complexity index is 2440. The summed E-state index contributed by atoms with van der Waals surface area (Å²) in [6.07, 6.45) is -18.9. The molecular formula is C50H54N4O17. The molecule has 0 bridgehead atoms. The number of amides is 1. The van der Waals surface area contributed by atoms with E-state index in [0.29, 0.717) is 5.56 Å². The predicted molar refractivity (Wildman–Crippen MR) is 244 cm³/mol. The van der Waals surface area contributed by atoms with E-state index in [-0.39, 0.29) is 30.8 Å². The summed E-state index contributed by atoms with van der Waals surface area (Å²) in [5.41, 5.74) is 11.6. The Kier molecular flexibility index (Phi) is 17.3. The zero-order chi connectivity index (χ0) is 49.9. The zero-order valence-corrected chi connectivity index (χ0v) is 38.9. The van der Waals surface area contributed by atoms with Crippen molar-refractivity contribution < 1.29 is 81.1 Å². The molecule has 71 heavy (non-hydrogen) atoms. The van der Waals surface area contributed by atoms with Crippen molar-refractivity contribution in [3.05, 3.63) is 154 Å².